The van der Waals surface area contributed by atoms with Crippen LogP contribution < -0.4 is 0 Å². The van der Waals surface area contributed by atoms with Gasteiger partial charge < -0.3 is 14.9 Å². The molecule has 0 aromatic carbocycles. The van der Waals surface area contributed by atoms with E-state index in [-0.39, 0.29) is 28.6 Å². The standard InChI is InChI=1S/C23H34O5/c1-21(12-14-11-18(24)28-13-14)10-7-16-15(19(21)25)5-6-17-22(16,2)8-4-9-23(17,3)20(26)27/h11,15-17,19,25H,4-10,12-13H2,1-3H3,(H,26,27)/t15-,16+,17-,19+,21-,22-,23-/m1/s1. The molecule has 2 N–H and O–H groups in total. The van der Waals surface area contributed by atoms with Gasteiger partial charge in [-0.3, -0.25) is 4.79 Å². The van der Waals surface area contributed by atoms with E-state index in [0.29, 0.717) is 18.9 Å². The van der Waals surface area contributed by atoms with Crippen molar-refractivity contribution in [2.45, 2.75) is 78.2 Å². The van der Waals surface area contributed by atoms with Crippen molar-refractivity contribution in [3.05, 3.63) is 11.6 Å². The van der Waals surface area contributed by atoms with Gasteiger partial charge in [0.05, 0.1) is 11.5 Å². The molecule has 0 aromatic heterocycles. The van der Waals surface area contributed by atoms with Crippen molar-refractivity contribution >= 4 is 11.9 Å². The van der Waals surface area contributed by atoms with E-state index in [2.05, 4.69) is 13.8 Å². The van der Waals surface area contributed by atoms with Crippen LogP contribution in [0.15, 0.2) is 11.6 Å². The fraction of sp³-hybridized carbons (Fsp3) is 0.826. The number of esters is 1. The summed E-state index contributed by atoms with van der Waals surface area (Å²) in [5.41, 5.74) is 0.0915. The lowest BCUT2D eigenvalue weighted by molar-refractivity contribution is -0.188. The molecule has 3 saturated carbocycles. The Morgan fingerprint density at radius 1 is 1.18 bits per heavy atom. The number of ether oxygens (including phenoxy) is 1. The molecule has 0 unspecified atom stereocenters. The molecule has 0 saturated heterocycles. The van der Waals surface area contributed by atoms with Gasteiger partial charge in [-0.1, -0.05) is 20.3 Å². The van der Waals surface area contributed by atoms with Gasteiger partial charge in [-0.25, -0.2) is 4.79 Å². The van der Waals surface area contributed by atoms with Crippen LogP contribution in [0.2, 0.25) is 0 Å². The molecule has 3 fully saturated rings. The number of carbonyl (C=O) groups is 2. The van der Waals surface area contributed by atoms with Gasteiger partial charge in [-0.15, -0.1) is 0 Å². The van der Waals surface area contributed by atoms with Crippen LogP contribution in [-0.2, 0) is 14.3 Å². The topological polar surface area (TPSA) is 83.8 Å². The molecular weight excluding hydrogens is 356 g/mol. The molecule has 156 valence electrons. The van der Waals surface area contributed by atoms with Crippen LogP contribution in [0.5, 0.6) is 0 Å². The number of hydrogen-bond donors (Lipinski definition) is 2. The predicted octanol–water partition coefficient (Wildman–Crippen LogP) is 3.94. The van der Waals surface area contributed by atoms with Gasteiger partial charge in [0.2, 0.25) is 0 Å². The number of aliphatic hydroxyl groups excluding tert-OH is 1. The SMILES string of the molecule is C[C@]1(CC2=CC(=O)OC2)CC[C@H]2[C@@H](CC[C@@H]3[C@]2(C)CCC[C@@]3(C)C(=O)O)[C@@H]1O. The summed E-state index contributed by atoms with van der Waals surface area (Å²) in [6.07, 6.45) is 8.39. The van der Waals surface area contributed by atoms with Gasteiger partial charge in [0, 0.05) is 6.08 Å². The summed E-state index contributed by atoms with van der Waals surface area (Å²) >= 11 is 0. The molecule has 0 amide bonds. The zero-order chi connectivity index (χ0) is 20.3. The maximum Gasteiger partial charge on any atom is 0.331 e. The molecule has 5 heteroatoms. The largest absolute Gasteiger partial charge is 0.481 e. The molecule has 28 heavy (non-hydrogen) atoms. The summed E-state index contributed by atoms with van der Waals surface area (Å²) < 4.78 is 5.06. The van der Waals surface area contributed by atoms with Crippen molar-refractivity contribution in [1.29, 1.82) is 0 Å². The molecule has 0 radical (unpaired) electrons. The van der Waals surface area contributed by atoms with Gasteiger partial charge in [-0.2, -0.15) is 0 Å². The zero-order valence-corrected chi connectivity index (χ0v) is 17.4. The quantitative estimate of drug-likeness (QED) is 0.713. The lowest BCUT2D eigenvalue weighted by atomic mass is 9.42. The third-order valence-corrected chi connectivity index (χ3v) is 9.12. The molecule has 0 bridgehead atoms. The summed E-state index contributed by atoms with van der Waals surface area (Å²) in [4.78, 5) is 23.5. The third-order valence-electron chi connectivity index (χ3n) is 9.12. The highest BCUT2D eigenvalue weighted by Gasteiger charge is 2.62. The summed E-state index contributed by atoms with van der Waals surface area (Å²) in [7, 11) is 0. The Morgan fingerprint density at radius 2 is 1.93 bits per heavy atom. The highest BCUT2D eigenvalue weighted by Crippen LogP contribution is 2.65. The predicted molar refractivity (Wildman–Crippen MR) is 104 cm³/mol. The van der Waals surface area contributed by atoms with E-state index in [1.165, 1.54) is 0 Å². The molecule has 0 aromatic rings. The van der Waals surface area contributed by atoms with E-state index in [0.717, 1.165) is 50.5 Å². The molecule has 4 rings (SSSR count). The Balaban J connectivity index is 1.58. The van der Waals surface area contributed by atoms with Crippen molar-refractivity contribution in [3.63, 3.8) is 0 Å². The number of rotatable bonds is 3. The van der Waals surface area contributed by atoms with Crippen LogP contribution in [0.3, 0.4) is 0 Å². The minimum absolute atomic E-state index is 0.0116. The zero-order valence-electron chi connectivity index (χ0n) is 17.4. The average molecular weight is 391 g/mol. The van der Waals surface area contributed by atoms with E-state index < -0.39 is 17.5 Å². The Kier molecular flexibility index (Phi) is 4.68. The number of fused-ring (bicyclic) bond motifs is 3. The maximum absolute atomic E-state index is 12.1. The summed E-state index contributed by atoms with van der Waals surface area (Å²) in [5.74, 6) is -0.142. The summed E-state index contributed by atoms with van der Waals surface area (Å²) in [5, 5.41) is 21.4. The van der Waals surface area contributed by atoms with Gasteiger partial charge in [-0.05, 0) is 86.0 Å². The van der Waals surface area contributed by atoms with Crippen LogP contribution in [0.4, 0.5) is 0 Å². The number of aliphatic hydroxyl groups is 1. The van der Waals surface area contributed by atoms with Crippen LogP contribution in [0, 0.1) is 34.0 Å². The first-order valence-corrected chi connectivity index (χ1v) is 10.9. The van der Waals surface area contributed by atoms with Crippen molar-refractivity contribution < 1.29 is 24.5 Å². The summed E-state index contributed by atoms with van der Waals surface area (Å²) in [6.45, 7) is 6.75. The van der Waals surface area contributed by atoms with Crippen LogP contribution in [-0.4, -0.2) is 34.9 Å². The van der Waals surface area contributed by atoms with Crippen molar-refractivity contribution in [2.75, 3.05) is 6.61 Å². The first-order chi connectivity index (χ1) is 13.1. The number of carboxylic acids is 1. The molecule has 7 atom stereocenters. The number of hydrogen-bond acceptors (Lipinski definition) is 4. The van der Waals surface area contributed by atoms with Crippen molar-refractivity contribution in [1.82, 2.24) is 0 Å². The number of carboxylic acid groups (broad SMARTS) is 1. The van der Waals surface area contributed by atoms with E-state index in [4.69, 9.17) is 4.74 Å². The van der Waals surface area contributed by atoms with Crippen molar-refractivity contribution in [3.8, 4) is 0 Å². The third kappa shape index (κ3) is 2.84. The lowest BCUT2D eigenvalue weighted by Gasteiger charge is -2.62. The number of aliphatic carboxylic acids is 1. The molecular formula is C23H34O5. The van der Waals surface area contributed by atoms with Crippen LogP contribution in [0.1, 0.15) is 72.1 Å². The Labute approximate surface area is 167 Å². The number of cyclic esters (lactones) is 1. The second-order valence-corrected chi connectivity index (χ2v) is 10.7. The fourth-order valence-corrected chi connectivity index (χ4v) is 7.61. The first-order valence-electron chi connectivity index (χ1n) is 10.9. The highest BCUT2D eigenvalue weighted by molar-refractivity contribution is 5.85. The van der Waals surface area contributed by atoms with Crippen molar-refractivity contribution in [2.24, 2.45) is 34.0 Å². The monoisotopic (exact) mass is 390 g/mol. The second-order valence-electron chi connectivity index (χ2n) is 10.7. The van der Waals surface area contributed by atoms with Gasteiger partial charge in [0.15, 0.2) is 0 Å². The normalized spacial score (nSPS) is 48.3. The summed E-state index contributed by atoms with van der Waals surface area (Å²) in [6, 6.07) is 0. The molecule has 5 nitrogen and oxygen atoms in total. The van der Waals surface area contributed by atoms with Gasteiger partial charge >= 0.3 is 11.9 Å². The minimum atomic E-state index is -0.652. The van der Waals surface area contributed by atoms with E-state index in [9.17, 15) is 19.8 Å². The molecule has 1 heterocycles. The Morgan fingerprint density at radius 3 is 2.57 bits per heavy atom. The van der Waals surface area contributed by atoms with E-state index >= 15 is 0 Å². The maximum atomic E-state index is 12.1. The van der Waals surface area contributed by atoms with Gasteiger partial charge in [0.1, 0.15) is 6.61 Å². The highest BCUT2D eigenvalue weighted by atomic mass is 16.5. The second kappa shape index (κ2) is 6.58. The van der Waals surface area contributed by atoms with E-state index in [1.807, 2.05) is 6.92 Å². The minimum Gasteiger partial charge on any atom is -0.481 e. The Bertz CT molecular complexity index is 714. The van der Waals surface area contributed by atoms with Gasteiger partial charge in [0.25, 0.3) is 0 Å². The number of carbonyl (C=O) groups excluding carboxylic acids is 1. The molecule has 1 aliphatic heterocycles. The molecule has 0 spiro atoms. The Hall–Kier alpha value is -1.36. The fourth-order valence-electron chi connectivity index (χ4n) is 7.61. The smallest absolute Gasteiger partial charge is 0.331 e. The van der Waals surface area contributed by atoms with E-state index in [1.54, 1.807) is 6.08 Å². The molecule has 4 aliphatic rings. The first kappa shape index (κ1) is 19.9. The molecule has 3 aliphatic carbocycles. The average Bonchev–Trinajstić information content (AvgIpc) is 3.02. The van der Waals surface area contributed by atoms with Crippen LogP contribution >= 0.6 is 0 Å². The van der Waals surface area contributed by atoms with Crippen LogP contribution in [0.25, 0.3) is 0 Å². The lowest BCUT2D eigenvalue weighted by Crippen LogP contribution is -2.59.